The number of carbonyl (C=O) groups is 1. The molecule has 0 bridgehead atoms. The predicted octanol–water partition coefficient (Wildman–Crippen LogP) is 1.70. The molecule has 0 saturated heterocycles. The summed E-state index contributed by atoms with van der Waals surface area (Å²) in [7, 11) is 2.95. The van der Waals surface area contributed by atoms with Crippen LogP contribution < -0.4 is 10.1 Å². The zero-order valence-corrected chi connectivity index (χ0v) is 10.6. The van der Waals surface area contributed by atoms with E-state index in [2.05, 4.69) is 10.3 Å². The van der Waals surface area contributed by atoms with Crippen molar-refractivity contribution in [3.8, 4) is 5.88 Å². The van der Waals surface area contributed by atoms with Gasteiger partial charge in [-0.3, -0.25) is 4.79 Å². The first kappa shape index (κ1) is 13.3. The van der Waals surface area contributed by atoms with Gasteiger partial charge in [0.25, 0.3) is 0 Å². The fourth-order valence-corrected chi connectivity index (χ4v) is 1.28. The summed E-state index contributed by atoms with van der Waals surface area (Å²) in [6.07, 6.45) is 1.66. The van der Waals surface area contributed by atoms with Crippen LogP contribution in [0.5, 0.6) is 5.88 Å². The summed E-state index contributed by atoms with van der Waals surface area (Å²) in [5.74, 6) is 0.314. The van der Waals surface area contributed by atoms with Crippen LogP contribution in [0.3, 0.4) is 0 Å². The summed E-state index contributed by atoms with van der Waals surface area (Å²) in [6.45, 7) is 4.12. The third-order valence-corrected chi connectivity index (χ3v) is 2.42. The zero-order valence-electron chi connectivity index (χ0n) is 10.6. The number of hydrogen-bond donors (Lipinski definition) is 1. The van der Waals surface area contributed by atoms with Crippen molar-refractivity contribution in [3.05, 3.63) is 18.3 Å². The Hall–Kier alpha value is -1.78. The first-order valence-corrected chi connectivity index (χ1v) is 5.32. The molecule has 0 unspecified atom stereocenters. The van der Waals surface area contributed by atoms with Crippen molar-refractivity contribution in [1.29, 1.82) is 0 Å². The van der Waals surface area contributed by atoms with E-state index in [9.17, 15) is 4.79 Å². The van der Waals surface area contributed by atoms with Crippen molar-refractivity contribution in [1.82, 2.24) is 4.98 Å². The largest absolute Gasteiger partial charge is 0.481 e. The molecule has 0 amide bonds. The number of methoxy groups -OCH3 is 2. The summed E-state index contributed by atoms with van der Waals surface area (Å²) in [5.41, 5.74) is 0.261. The van der Waals surface area contributed by atoms with Crippen LogP contribution in [0.1, 0.15) is 13.8 Å². The van der Waals surface area contributed by atoms with Crippen molar-refractivity contribution in [2.45, 2.75) is 13.8 Å². The van der Waals surface area contributed by atoms with Crippen molar-refractivity contribution in [2.24, 2.45) is 5.41 Å². The third-order valence-electron chi connectivity index (χ3n) is 2.42. The lowest BCUT2D eigenvalue weighted by Crippen LogP contribution is -2.33. The Morgan fingerprint density at radius 1 is 1.41 bits per heavy atom. The van der Waals surface area contributed by atoms with Gasteiger partial charge in [0.15, 0.2) is 0 Å². The minimum atomic E-state index is -0.575. The standard InChI is InChI=1S/C12H18N2O3/c1-12(2,11(15)17-4)8-14-9-5-6-10(16-3)13-7-9/h5-7,14H,8H2,1-4H3. The zero-order chi connectivity index (χ0) is 12.9. The van der Waals surface area contributed by atoms with Crippen LogP contribution >= 0.6 is 0 Å². The molecule has 5 heteroatoms. The first-order chi connectivity index (χ1) is 7.99. The van der Waals surface area contributed by atoms with Crippen LogP contribution in [0.15, 0.2) is 18.3 Å². The lowest BCUT2D eigenvalue weighted by Gasteiger charge is -2.22. The number of rotatable bonds is 5. The SMILES string of the molecule is COC(=O)C(C)(C)CNc1ccc(OC)nc1. The van der Waals surface area contributed by atoms with E-state index in [1.54, 1.807) is 19.4 Å². The van der Waals surface area contributed by atoms with E-state index >= 15 is 0 Å². The highest BCUT2D eigenvalue weighted by Crippen LogP contribution is 2.19. The molecular formula is C12H18N2O3. The van der Waals surface area contributed by atoms with Gasteiger partial charge in [0, 0.05) is 12.6 Å². The number of aromatic nitrogens is 1. The lowest BCUT2D eigenvalue weighted by atomic mass is 9.94. The van der Waals surface area contributed by atoms with E-state index in [0.717, 1.165) is 5.69 Å². The minimum absolute atomic E-state index is 0.244. The van der Waals surface area contributed by atoms with Crippen molar-refractivity contribution < 1.29 is 14.3 Å². The van der Waals surface area contributed by atoms with Gasteiger partial charge in [-0.15, -0.1) is 0 Å². The highest BCUT2D eigenvalue weighted by atomic mass is 16.5. The van der Waals surface area contributed by atoms with Gasteiger partial charge in [0.1, 0.15) is 0 Å². The lowest BCUT2D eigenvalue weighted by molar-refractivity contribution is -0.149. The average Bonchev–Trinajstić information content (AvgIpc) is 2.36. The van der Waals surface area contributed by atoms with E-state index in [0.29, 0.717) is 12.4 Å². The van der Waals surface area contributed by atoms with E-state index in [1.807, 2.05) is 19.9 Å². The second-order valence-corrected chi connectivity index (χ2v) is 4.32. The van der Waals surface area contributed by atoms with Gasteiger partial charge in [-0.2, -0.15) is 0 Å². The second-order valence-electron chi connectivity index (χ2n) is 4.32. The molecule has 1 rings (SSSR count). The smallest absolute Gasteiger partial charge is 0.313 e. The number of anilines is 1. The monoisotopic (exact) mass is 238 g/mol. The molecular weight excluding hydrogens is 220 g/mol. The molecule has 17 heavy (non-hydrogen) atoms. The highest BCUT2D eigenvalue weighted by molar-refractivity contribution is 5.76. The molecule has 1 heterocycles. The Labute approximate surface area is 101 Å². The van der Waals surface area contributed by atoms with E-state index in [4.69, 9.17) is 9.47 Å². The van der Waals surface area contributed by atoms with Gasteiger partial charge in [0.2, 0.25) is 5.88 Å². The normalized spacial score (nSPS) is 10.8. The quantitative estimate of drug-likeness (QED) is 0.791. The first-order valence-electron chi connectivity index (χ1n) is 5.32. The maximum Gasteiger partial charge on any atom is 0.313 e. The molecule has 0 saturated carbocycles. The molecule has 5 nitrogen and oxygen atoms in total. The van der Waals surface area contributed by atoms with Gasteiger partial charge in [0.05, 0.1) is 31.5 Å². The molecule has 1 aromatic heterocycles. The van der Waals surface area contributed by atoms with Gasteiger partial charge < -0.3 is 14.8 Å². The Kier molecular flexibility index (Phi) is 4.31. The van der Waals surface area contributed by atoms with Crippen molar-refractivity contribution in [3.63, 3.8) is 0 Å². The topological polar surface area (TPSA) is 60.5 Å². The molecule has 0 aliphatic heterocycles. The van der Waals surface area contributed by atoms with E-state index in [1.165, 1.54) is 7.11 Å². The van der Waals surface area contributed by atoms with Crippen LogP contribution in [0.2, 0.25) is 0 Å². The minimum Gasteiger partial charge on any atom is -0.481 e. The Morgan fingerprint density at radius 2 is 2.12 bits per heavy atom. The predicted molar refractivity (Wildman–Crippen MR) is 65.1 cm³/mol. The van der Waals surface area contributed by atoms with Gasteiger partial charge in [-0.25, -0.2) is 4.98 Å². The fraction of sp³-hybridized carbons (Fsp3) is 0.500. The van der Waals surface area contributed by atoms with E-state index in [-0.39, 0.29) is 5.97 Å². The second kappa shape index (κ2) is 5.52. The van der Waals surface area contributed by atoms with Crippen molar-refractivity contribution in [2.75, 3.05) is 26.1 Å². The number of hydrogen-bond acceptors (Lipinski definition) is 5. The van der Waals surface area contributed by atoms with Gasteiger partial charge >= 0.3 is 5.97 Å². The van der Waals surface area contributed by atoms with Crippen LogP contribution in [0.25, 0.3) is 0 Å². The summed E-state index contributed by atoms with van der Waals surface area (Å²) in [5, 5.41) is 3.13. The maximum absolute atomic E-state index is 11.5. The Morgan fingerprint density at radius 3 is 2.59 bits per heavy atom. The highest BCUT2D eigenvalue weighted by Gasteiger charge is 2.28. The summed E-state index contributed by atoms with van der Waals surface area (Å²) in [4.78, 5) is 15.5. The molecule has 0 atom stereocenters. The number of nitrogens with zero attached hydrogens (tertiary/aromatic N) is 1. The third kappa shape index (κ3) is 3.62. The van der Waals surface area contributed by atoms with Crippen LogP contribution in [0, 0.1) is 5.41 Å². The molecule has 0 aliphatic rings. The molecule has 0 fully saturated rings. The summed E-state index contributed by atoms with van der Waals surface area (Å²) in [6, 6.07) is 3.60. The molecule has 0 aromatic carbocycles. The summed E-state index contributed by atoms with van der Waals surface area (Å²) >= 11 is 0. The number of carbonyl (C=O) groups excluding carboxylic acids is 1. The van der Waals surface area contributed by atoms with Crippen LogP contribution in [-0.4, -0.2) is 31.7 Å². The number of esters is 1. The number of nitrogens with one attached hydrogen (secondary N) is 1. The molecule has 94 valence electrons. The van der Waals surface area contributed by atoms with E-state index < -0.39 is 5.41 Å². The maximum atomic E-state index is 11.5. The summed E-state index contributed by atoms with van der Waals surface area (Å²) < 4.78 is 9.68. The Bertz CT molecular complexity index is 374. The molecule has 0 aliphatic carbocycles. The molecule has 1 N–H and O–H groups in total. The van der Waals surface area contributed by atoms with Crippen LogP contribution in [-0.2, 0) is 9.53 Å². The number of pyridine rings is 1. The number of ether oxygens (including phenoxy) is 2. The Balaban J connectivity index is 2.57. The van der Waals surface area contributed by atoms with Gasteiger partial charge in [-0.1, -0.05) is 0 Å². The molecule has 0 radical (unpaired) electrons. The van der Waals surface area contributed by atoms with Crippen molar-refractivity contribution >= 4 is 11.7 Å². The van der Waals surface area contributed by atoms with Gasteiger partial charge in [-0.05, 0) is 19.9 Å². The fourth-order valence-electron chi connectivity index (χ4n) is 1.28. The average molecular weight is 238 g/mol. The molecule has 1 aromatic rings. The molecule has 0 spiro atoms. The van der Waals surface area contributed by atoms with Crippen LogP contribution in [0.4, 0.5) is 5.69 Å².